The number of alkyl halides is 8. The molecule has 0 rings (SSSR count). The first-order chi connectivity index (χ1) is 6.49. The van der Waals surface area contributed by atoms with Crippen LogP contribution in [0, 0.1) is 0 Å². The molecule has 9 heteroatoms. The monoisotopic (exact) mass is 246 g/mol. The minimum Gasteiger partial charge on any atom is -0.313 e. The van der Waals surface area contributed by atoms with Crippen LogP contribution in [0.1, 0.15) is 12.8 Å². The van der Waals surface area contributed by atoms with Gasteiger partial charge in [-0.15, -0.1) is 0 Å². The quantitative estimate of drug-likeness (QED) is 0.690. The lowest BCUT2D eigenvalue weighted by Gasteiger charge is -2.16. The molecule has 0 saturated carbocycles. The molecule has 0 bridgehead atoms. The van der Waals surface area contributed by atoms with E-state index in [0.29, 0.717) is 0 Å². The molecule has 2 atom stereocenters. The number of rotatable bonds is 4. The van der Waals surface area contributed by atoms with E-state index >= 15 is 0 Å². The van der Waals surface area contributed by atoms with Gasteiger partial charge < -0.3 is 4.74 Å². The van der Waals surface area contributed by atoms with Gasteiger partial charge >= 0.3 is 12.4 Å². The summed E-state index contributed by atoms with van der Waals surface area (Å²) >= 11 is 0. The maximum atomic E-state index is 12.2. The second kappa shape index (κ2) is 4.95. The van der Waals surface area contributed by atoms with Crippen LogP contribution in [0.25, 0.3) is 0 Å². The molecule has 0 saturated heterocycles. The van der Waals surface area contributed by atoms with Gasteiger partial charge in [-0.1, -0.05) is 0 Å². The highest BCUT2D eigenvalue weighted by Crippen LogP contribution is 2.28. The van der Waals surface area contributed by atoms with Gasteiger partial charge in [0.05, 0.1) is 12.8 Å². The average molecular weight is 246 g/mol. The van der Waals surface area contributed by atoms with Gasteiger partial charge in [0.15, 0.2) is 0 Å². The maximum Gasteiger partial charge on any atom is 0.394 e. The lowest BCUT2D eigenvalue weighted by atomic mass is 10.4. The van der Waals surface area contributed by atoms with Crippen LogP contribution in [-0.2, 0) is 4.74 Å². The van der Waals surface area contributed by atoms with Crippen molar-refractivity contribution in [2.24, 2.45) is 0 Å². The molecule has 0 radical (unpaired) electrons. The molecular weight excluding hydrogens is 240 g/mol. The van der Waals surface area contributed by atoms with Crippen LogP contribution in [-0.4, -0.2) is 25.1 Å². The first kappa shape index (κ1) is 14.4. The van der Waals surface area contributed by atoms with Gasteiger partial charge in [-0.05, 0) is 0 Å². The van der Waals surface area contributed by atoms with E-state index in [2.05, 4.69) is 4.74 Å². The van der Waals surface area contributed by atoms with E-state index in [-0.39, 0.29) is 0 Å². The van der Waals surface area contributed by atoms with Gasteiger partial charge in [-0.25, -0.2) is 8.78 Å². The summed E-state index contributed by atoms with van der Waals surface area (Å²) < 4.78 is 96.2. The number of hydrogen-bond acceptors (Lipinski definition) is 1. The van der Waals surface area contributed by atoms with Gasteiger partial charge in [-0.2, -0.15) is 26.3 Å². The molecule has 0 aliphatic rings. The zero-order chi connectivity index (χ0) is 12.3. The zero-order valence-corrected chi connectivity index (χ0v) is 7.00. The summed E-state index contributed by atoms with van der Waals surface area (Å²) in [6.45, 7) is 0. The molecule has 15 heavy (non-hydrogen) atoms. The highest BCUT2D eigenvalue weighted by Gasteiger charge is 2.37. The fourth-order valence-corrected chi connectivity index (χ4v) is 0.620. The van der Waals surface area contributed by atoms with Crippen LogP contribution in [0.15, 0.2) is 0 Å². The van der Waals surface area contributed by atoms with Gasteiger partial charge in [-0.3, -0.25) is 0 Å². The van der Waals surface area contributed by atoms with Crippen LogP contribution >= 0.6 is 0 Å². The lowest BCUT2D eigenvalue weighted by molar-refractivity contribution is -0.236. The van der Waals surface area contributed by atoms with Crippen molar-refractivity contribution in [3.8, 4) is 0 Å². The van der Waals surface area contributed by atoms with Crippen molar-refractivity contribution < 1.29 is 39.9 Å². The topological polar surface area (TPSA) is 9.23 Å². The SMILES string of the molecule is FC(CC(F)(F)F)OC(F)CC(F)(F)F. The molecule has 0 aliphatic heterocycles. The molecule has 0 heterocycles. The Balaban J connectivity index is 3.92. The van der Waals surface area contributed by atoms with Crippen LogP contribution < -0.4 is 0 Å². The van der Waals surface area contributed by atoms with Crippen molar-refractivity contribution in [2.75, 3.05) is 0 Å². The van der Waals surface area contributed by atoms with Crippen LogP contribution in [0.5, 0.6) is 0 Å². The van der Waals surface area contributed by atoms with E-state index in [0.717, 1.165) is 0 Å². The molecule has 0 aromatic heterocycles. The van der Waals surface area contributed by atoms with Gasteiger partial charge in [0.1, 0.15) is 0 Å². The molecule has 0 spiro atoms. The number of halogens is 8. The predicted molar refractivity (Wildman–Crippen MR) is 32.2 cm³/mol. The van der Waals surface area contributed by atoms with E-state index in [1.807, 2.05) is 0 Å². The van der Waals surface area contributed by atoms with E-state index in [9.17, 15) is 35.1 Å². The van der Waals surface area contributed by atoms with E-state index in [4.69, 9.17) is 0 Å². The van der Waals surface area contributed by atoms with Crippen molar-refractivity contribution in [1.82, 2.24) is 0 Å². The first-order valence-corrected chi connectivity index (χ1v) is 3.57. The minimum absolute atomic E-state index is 2.15. The Morgan fingerprint density at radius 2 is 1.00 bits per heavy atom. The molecular formula is C6H6F8O. The van der Waals surface area contributed by atoms with Gasteiger partial charge in [0.2, 0.25) is 12.7 Å². The Morgan fingerprint density at radius 1 is 0.733 bits per heavy atom. The normalized spacial score (nSPS) is 17.6. The van der Waals surface area contributed by atoms with Crippen LogP contribution in [0.4, 0.5) is 35.1 Å². The molecule has 0 amide bonds. The zero-order valence-electron chi connectivity index (χ0n) is 7.00. The third-order valence-electron chi connectivity index (χ3n) is 1.08. The minimum atomic E-state index is -4.96. The largest absolute Gasteiger partial charge is 0.394 e. The molecule has 1 nitrogen and oxygen atoms in total. The van der Waals surface area contributed by atoms with Crippen molar-refractivity contribution >= 4 is 0 Å². The first-order valence-electron chi connectivity index (χ1n) is 3.57. The van der Waals surface area contributed by atoms with Crippen molar-refractivity contribution in [3.63, 3.8) is 0 Å². The highest BCUT2D eigenvalue weighted by atomic mass is 19.4. The third kappa shape index (κ3) is 9.70. The fraction of sp³-hybridized carbons (Fsp3) is 1.00. The number of hydrogen-bond donors (Lipinski definition) is 0. The second-order valence-electron chi connectivity index (χ2n) is 2.59. The molecule has 0 aromatic rings. The smallest absolute Gasteiger partial charge is 0.313 e. The Kier molecular flexibility index (Phi) is 4.75. The summed E-state index contributed by atoms with van der Waals surface area (Å²) in [5.41, 5.74) is 0. The van der Waals surface area contributed by atoms with Crippen molar-refractivity contribution in [1.29, 1.82) is 0 Å². The van der Waals surface area contributed by atoms with E-state index < -0.39 is 37.9 Å². The lowest BCUT2D eigenvalue weighted by Crippen LogP contribution is -2.25. The third-order valence-corrected chi connectivity index (χ3v) is 1.08. The van der Waals surface area contributed by atoms with Crippen molar-refractivity contribution in [3.05, 3.63) is 0 Å². The highest BCUT2D eigenvalue weighted by molar-refractivity contribution is 4.57. The molecule has 2 unspecified atom stereocenters. The molecule has 0 aromatic carbocycles. The Hall–Kier alpha value is -0.600. The van der Waals surface area contributed by atoms with Gasteiger partial charge in [0, 0.05) is 0 Å². The van der Waals surface area contributed by atoms with Crippen LogP contribution in [0.2, 0.25) is 0 Å². The Bertz CT molecular complexity index is 165. The number of ether oxygens (including phenoxy) is 1. The standard InChI is InChI=1S/C6H6F8O/c7-3(1-5(9,10)11)15-4(8)2-6(12,13)14/h3-4H,1-2H2. The molecule has 0 fully saturated rings. The molecule has 0 N–H and O–H groups in total. The van der Waals surface area contributed by atoms with E-state index in [1.54, 1.807) is 0 Å². The second-order valence-corrected chi connectivity index (χ2v) is 2.59. The summed E-state index contributed by atoms with van der Waals surface area (Å²) in [4.78, 5) is 0. The van der Waals surface area contributed by atoms with Crippen LogP contribution in [0.3, 0.4) is 0 Å². The summed E-state index contributed by atoms with van der Waals surface area (Å²) in [5, 5.41) is 0. The Morgan fingerprint density at radius 3 is 1.20 bits per heavy atom. The predicted octanol–water partition coefficient (Wildman–Crippen LogP) is 3.50. The summed E-state index contributed by atoms with van der Waals surface area (Å²) in [7, 11) is 0. The fourth-order valence-electron chi connectivity index (χ4n) is 0.620. The average Bonchev–Trinajstić information content (AvgIpc) is 1.73. The summed E-state index contributed by atoms with van der Waals surface area (Å²) in [5.74, 6) is 0. The maximum absolute atomic E-state index is 12.2. The van der Waals surface area contributed by atoms with Crippen molar-refractivity contribution in [2.45, 2.75) is 37.9 Å². The molecule has 92 valence electrons. The molecule has 0 aliphatic carbocycles. The Labute approximate surface area is 79.0 Å². The summed E-state index contributed by atoms with van der Waals surface area (Å²) in [6.07, 6.45) is -20.5. The van der Waals surface area contributed by atoms with E-state index in [1.165, 1.54) is 0 Å². The summed E-state index contributed by atoms with van der Waals surface area (Å²) in [6, 6.07) is 0. The van der Waals surface area contributed by atoms with Gasteiger partial charge in [0.25, 0.3) is 0 Å².